The van der Waals surface area contributed by atoms with Crippen molar-refractivity contribution in [3.8, 4) is 11.3 Å². The number of halogens is 1. The van der Waals surface area contributed by atoms with Gasteiger partial charge in [0.15, 0.2) is 5.13 Å². The highest BCUT2D eigenvalue weighted by Gasteiger charge is 2.20. The first kappa shape index (κ1) is 21.2. The van der Waals surface area contributed by atoms with Crippen molar-refractivity contribution in [3.63, 3.8) is 0 Å². The Labute approximate surface area is 183 Å². The molecule has 0 saturated heterocycles. The SMILES string of the molecule is Cn1c(S)c(C(=N)CC(=O)Nc2nc(-c3ccc(Br)cc3)cs2)c(=O)n(C)c1=O. The number of aromatic nitrogens is 3. The van der Waals surface area contributed by atoms with Crippen molar-refractivity contribution in [2.24, 2.45) is 14.1 Å². The number of nitrogens with one attached hydrogen (secondary N) is 2. The summed E-state index contributed by atoms with van der Waals surface area (Å²) in [5, 5.41) is 13.1. The fourth-order valence-corrected chi connectivity index (χ4v) is 3.91. The molecule has 1 amide bonds. The van der Waals surface area contributed by atoms with E-state index in [9.17, 15) is 14.4 Å². The summed E-state index contributed by atoms with van der Waals surface area (Å²) in [4.78, 5) is 41.0. The number of carbonyl (C=O) groups is 1. The smallest absolute Gasteiger partial charge is 0.304 e. The quantitative estimate of drug-likeness (QED) is 0.288. The highest BCUT2D eigenvalue weighted by Crippen LogP contribution is 2.26. The predicted molar refractivity (Wildman–Crippen MR) is 120 cm³/mol. The van der Waals surface area contributed by atoms with E-state index in [-0.39, 0.29) is 22.7 Å². The number of amides is 1. The summed E-state index contributed by atoms with van der Waals surface area (Å²) in [5.41, 5.74) is 0.103. The summed E-state index contributed by atoms with van der Waals surface area (Å²) in [6.45, 7) is 0. The number of nitrogens with zero attached hydrogens (tertiary/aromatic N) is 3. The fraction of sp³-hybridized carbons (Fsp3) is 0.167. The molecular formula is C18H16BrN5O3S2. The van der Waals surface area contributed by atoms with Crippen molar-refractivity contribution in [2.45, 2.75) is 11.4 Å². The maximum Gasteiger partial charge on any atom is 0.331 e. The standard InChI is InChI=1S/C18H16BrN5O3S2/c1-23-15(26)14(16(28)24(2)18(23)27)11(20)7-13(25)22-17-21-12(8-29-17)9-3-5-10(19)6-4-9/h3-6,8,20,28H,7H2,1-2H3,(H,21,22,25). The zero-order valence-corrected chi connectivity index (χ0v) is 18.7. The molecule has 0 fully saturated rings. The van der Waals surface area contributed by atoms with Crippen LogP contribution in [0.3, 0.4) is 0 Å². The van der Waals surface area contributed by atoms with Crippen LogP contribution in [0.25, 0.3) is 11.3 Å². The minimum Gasteiger partial charge on any atom is -0.304 e. The van der Waals surface area contributed by atoms with Crippen LogP contribution in [0.1, 0.15) is 12.0 Å². The Bertz CT molecular complexity index is 1230. The van der Waals surface area contributed by atoms with Crippen LogP contribution in [0.5, 0.6) is 0 Å². The second kappa shape index (κ2) is 8.47. The lowest BCUT2D eigenvalue weighted by atomic mass is 10.1. The van der Waals surface area contributed by atoms with Crippen molar-refractivity contribution in [1.29, 1.82) is 5.41 Å². The second-order valence-electron chi connectivity index (χ2n) is 6.15. The molecule has 0 aliphatic rings. The summed E-state index contributed by atoms with van der Waals surface area (Å²) in [7, 11) is 2.76. The maximum absolute atomic E-state index is 12.4. The third-order valence-electron chi connectivity index (χ3n) is 4.16. The highest BCUT2D eigenvalue weighted by atomic mass is 79.9. The number of benzene rings is 1. The predicted octanol–water partition coefficient (Wildman–Crippen LogP) is 2.66. The molecule has 29 heavy (non-hydrogen) atoms. The molecule has 0 aliphatic heterocycles. The van der Waals surface area contributed by atoms with Crippen LogP contribution in [-0.4, -0.2) is 25.7 Å². The Morgan fingerprint density at radius 1 is 1.24 bits per heavy atom. The normalized spacial score (nSPS) is 10.8. The minimum absolute atomic E-state index is 0.0441. The van der Waals surface area contributed by atoms with Gasteiger partial charge in [0.1, 0.15) is 0 Å². The lowest BCUT2D eigenvalue weighted by Crippen LogP contribution is -2.41. The van der Waals surface area contributed by atoms with Crippen molar-refractivity contribution in [3.05, 3.63) is 60.5 Å². The van der Waals surface area contributed by atoms with Gasteiger partial charge in [-0.2, -0.15) is 0 Å². The monoisotopic (exact) mass is 493 g/mol. The molecular weight excluding hydrogens is 478 g/mol. The molecule has 0 aliphatic carbocycles. The molecule has 2 N–H and O–H groups in total. The van der Waals surface area contributed by atoms with E-state index in [1.54, 1.807) is 0 Å². The molecule has 0 spiro atoms. The van der Waals surface area contributed by atoms with Crippen molar-refractivity contribution >= 4 is 56.6 Å². The van der Waals surface area contributed by atoms with E-state index < -0.39 is 17.2 Å². The van der Waals surface area contributed by atoms with Gasteiger partial charge < -0.3 is 10.7 Å². The number of thiazole rings is 1. The Hall–Kier alpha value is -2.50. The van der Waals surface area contributed by atoms with E-state index in [1.165, 1.54) is 25.4 Å². The lowest BCUT2D eigenvalue weighted by Gasteiger charge is -2.11. The van der Waals surface area contributed by atoms with E-state index in [4.69, 9.17) is 5.41 Å². The Balaban J connectivity index is 1.75. The number of hydrogen-bond donors (Lipinski definition) is 3. The van der Waals surface area contributed by atoms with Crippen LogP contribution in [0.15, 0.2) is 48.7 Å². The van der Waals surface area contributed by atoms with Gasteiger partial charge in [0.05, 0.1) is 28.4 Å². The summed E-state index contributed by atoms with van der Waals surface area (Å²) < 4.78 is 2.99. The van der Waals surface area contributed by atoms with Gasteiger partial charge in [0.2, 0.25) is 5.91 Å². The van der Waals surface area contributed by atoms with Crippen LogP contribution < -0.4 is 16.6 Å². The first-order chi connectivity index (χ1) is 13.7. The zero-order chi connectivity index (χ0) is 21.3. The van der Waals surface area contributed by atoms with E-state index in [0.29, 0.717) is 5.13 Å². The second-order valence-corrected chi connectivity index (χ2v) is 8.35. The van der Waals surface area contributed by atoms with E-state index in [2.05, 4.69) is 38.9 Å². The van der Waals surface area contributed by atoms with Crippen LogP contribution in [0.4, 0.5) is 5.13 Å². The van der Waals surface area contributed by atoms with E-state index in [1.807, 2.05) is 29.6 Å². The molecule has 150 valence electrons. The number of thiol groups is 1. The highest BCUT2D eigenvalue weighted by molar-refractivity contribution is 9.10. The van der Waals surface area contributed by atoms with Crippen molar-refractivity contribution in [1.82, 2.24) is 14.1 Å². The fourth-order valence-electron chi connectivity index (χ4n) is 2.59. The molecule has 0 atom stereocenters. The Morgan fingerprint density at radius 2 is 1.90 bits per heavy atom. The van der Waals surface area contributed by atoms with E-state index in [0.717, 1.165) is 24.9 Å². The van der Waals surface area contributed by atoms with Crippen LogP contribution in [-0.2, 0) is 18.9 Å². The topological polar surface area (TPSA) is 110 Å². The summed E-state index contributed by atoms with van der Waals surface area (Å²) in [5.74, 6) is -0.490. The Kier molecular flexibility index (Phi) is 6.20. The van der Waals surface area contributed by atoms with Crippen LogP contribution in [0, 0.1) is 5.41 Å². The van der Waals surface area contributed by atoms with Gasteiger partial charge in [-0.15, -0.1) is 24.0 Å². The lowest BCUT2D eigenvalue weighted by molar-refractivity contribution is -0.115. The molecule has 2 aromatic heterocycles. The van der Waals surface area contributed by atoms with E-state index >= 15 is 0 Å². The van der Waals surface area contributed by atoms with Gasteiger partial charge in [0, 0.05) is 29.5 Å². The first-order valence-corrected chi connectivity index (χ1v) is 10.4. The number of carbonyl (C=O) groups excluding carboxylic acids is 1. The number of anilines is 1. The molecule has 0 unspecified atom stereocenters. The third-order valence-corrected chi connectivity index (χ3v) is 5.97. The molecule has 0 radical (unpaired) electrons. The molecule has 3 rings (SSSR count). The molecule has 2 heterocycles. The largest absolute Gasteiger partial charge is 0.331 e. The molecule has 0 bridgehead atoms. The summed E-state index contributed by atoms with van der Waals surface area (Å²) >= 11 is 8.81. The molecule has 11 heteroatoms. The molecule has 8 nitrogen and oxygen atoms in total. The van der Waals surface area contributed by atoms with Gasteiger partial charge >= 0.3 is 5.69 Å². The number of hydrogen-bond acceptors (Lipinski definition) is 7. The summed E-state index contributed by atoms with van der Waals surface area (Å²) in [6, 6.07) is 7.61. The third kappa shape index (κ3) is 4.41. The summed E-state index contributed by atoms with van der Waals surface area (Å²) in [6.07, 6.45) is -0.353. The van der Waals surface area contributed by atoms with Gasteiger partial charge in [0.25, 0.3) is 5.56 Å². The van der Waals surface area contributed by atoms with Crippen LogP contribution >= 0.6 is 39.9 Å². The van der Waals surface area contributed by atoms with Gasteiger partial charge in [-0.3, -0.25) is 18.7 Å². The van der Waals surface area contributed by atoms with Gasteiger partial charge in [-0.25, -0.2) is 9.78 Å². The average molecular weight is 494 g/mol. The maximum atomic E-state index is 12.4. The van der Waals surface area contributed by atoms with Gasteiger partial charge in [-0.05, 0) is 12.1 Å². The first-order valence-electron chi connectivity index (χ1n) is 8.27. The van der Waals surface area contributed by atoms with Crippen LogP contribution in [0.2, 0.25) is 0 Å². The van der Waals surface area contributed by atoms with Gasteiger partial charge in [-0.1, -0.05) is 28.1 Å². The van der Waals surface area contributed by atoms with Crippen molar-refractivity contribution in [2.75, 3.05) is 5.32 Å². The molecule has 3 aromatic rings. The van der Waals surface area contributed by atoms with Crippen molar-refractivity contribution < 1.29 is 4.79 Å². The molecule has 0 saturated carbocycles. The average Bonchev–Trinajstić information content (AvgIpc) is 3.13. The zero-order valence-electron chi connectivity index (χ0n) is 15.4. The minimum atomic E-state index is -0.664. The molecule has 1 aromatic carbocycles. The Morgan fingerprint density at radius 3 is 2.55 bits per heavy atom. The number of rotatable bonds is 5.